The van der Waals surface area contributed by atoms with Gasteiger partial charge in [-0.3, -0.25) is 14.4 Å². The van der Waals surface area contributed by atoms with Crippen molar-refractivity contribution in [1.29, 1.82) is 0 Å². The van der Waals surface area contributed by atoms with Crippen molar-refractivity contribution in [2.45, 2.75) is 116 Å². The SMILES string of the molecule is CCCCCCCCNC(=O)CCC(NC(=O)c1cccc(OCCOCCOCCOCc2ccccc2)c1)C(=O)NCCCCCCCC. The Morgan fingerprint density at radius 2 is 1.22 bits per heavy atom. The molecule has 3 amide bonds. The number of unbranched alkanes of at least 4 members (excludes halogenated alkanes) is 10. The maximum atomic E-state index is 13.3. The van der Waals surface area contributed by atoms with Crippen molar-refractivity contribution in [3.05, 3.63) is 65.7 Å². The number of hydrogen-bond acceptors (Lipinski definition) is 7. The normalized spacial score (nSPS) is 11.6. The van der Waals surface area contributed by atoms with Crippen LogP contribution in [-0.2, 0) is 30.4 Å². The van der Waals surface area contributed by atoms with E-state index in [1.807, 2.05) is 30.3 Å². The number of nitrogens with one attached hydrogen (secondary N) is 3. The second-order valence-electron chi connectivity index (χ2n) is 12.9. The van der Waals surface area contributed by atoms with Crippen LogP contribution in [0.1, 0.15) is 120 Å². The van der Waals surface area contributed by atoms with E-state index in [9.17, 15) is 14.4 Å². The molecule has 0 radical (unpaired) electrons. The predicted molar refractivity (Wildman–Crippen MR) is 203 cm³/mol. The van der Waals surface area contributed by atoms with E-state index in [4.69, 9.17) is 18.9 Å². The maximum Gasteiger partial charge on any atom is 0.252 e. The van der Waals surface area contributed by atoms with Gasteiger partial charge in [-0.05, 0) is 43.0 Å². The molecular formula is C41H65N3O7. The minimum Gasteiger partial charge on any atom is -0.491 e. The molecule has 2 aromatic rings. The number of rotatable bonds is 32. The third-order valence-electron chi connectivity index (χ3n) is 8.41. The van der Waals surface area contributed by atoms with Crippen LogP contribution in [0, 0.1) is 0 Å². The molecule has 2 rings (SSSR count). The fraction of sp³-hybridized carbons (Fsp3) is 0.634. The molecule has 0 saturated heterocycles. The van der Waals surface area contributed by atoms with Crippen molar-refractivity contribution in [3.8, 4) is 5.75 Å². The van der Waals surface area contributed by atoms with Gasteiger partial charge in [-0.25, -0.2) is 0 Å². The molecule has 10 nitrogen and oxygen atoms in total. The standard InChI is InChI=1S/C41H65N3O7/c1-3-5-7-9-11-16-25-42-39(45)24-23-38(41(47)43-26-17-12-10-8-6-4-2)44-40(46)36-21-18-22-37(33-36)51-32-31-49-28-27-48-29-30-50-34-35-19-14-13-15-20-35/h13-15,18-22,33,38H,3-12,16-17,23-32,34H2,1-2H3,(H,42,45)(H,43,47)(H,44,46). The molecule has 3 N–H and O–H groups in total. The fourth-order valence-corrected chi connectivity index (χ4v) is 5.40. The first-order chi connectivity index (χ1) is 25.0. The minimum absolute atomic E-state index is 0.108. The molecular weight excluding hydrogens is 646 g/mol. The van der Waals surface area contributed by atoms with E-state index in [0.717, 1.165) is 37.7 Å². The van der Waals surface area contributed by atoms with E-state index in [-0.39, 0.29) is 24.7 Å². The summed E-state index contributed by atoms with van der Waals surface area (Å²) < 4.78 is 22.6. The molecule has 286 valence electrons. The first-order valence-corrected chi connectivity index (χ1v) is 19.4. The number of carbonyl (C=O) groups excluding carboxylic acids is 3. The van der Waals surface area contributed by atoms with Gasteiger partial charge in [-0.1, -0.05) is 114 Å². The second-order valence-corrected chi connectivity index (χ2v) is 12.9. The quantitative estimate of drug-likeness (QED) is 0.0689. The molecule has 0 saturated carbocycles. The Morgan fingerprint density at radius 3 is 1.88 bits per heavy atom. The zero-order chi connectivity index (χ0) is 36.6. The molecule has 0 aliphatic rings. The van der Waals surface area contributed by atoms with Crippen LogP contribution in [-0.4, -0.2) is 76.5 Å². The largest absolute Gasteiger partial charge is 0.491 e. The zero-order valence-electron chi connectivity index (χ0n) is 31.4. The van der Waals surface area contributed by atoms with Crippen LogP contribution in [0.5, 0.6) is 5.75 Å². The average molecular weight is 712 g/mol. The average Bonchev–Trinajstić information content (AvgIpc) is 3.15. The molecule has 10 heteroatoms. The molecule has 0 aliphatic heterocycles. The smallest absolute Gasteiger partial charge is 0.252 e. The van der Waals surface area contributed by atoms with Gasteiger partial charge in [-0.2, -0.15) is 0 Å². The Labute approximate surface area is 307 Å². The Balaban J connectivity index is 1.73. The summed E-state index contributed by atoms with van der Waals surface area (Å²) >= 11 is 0. The van der Waals surface area contributed by atoms with Gasteiger partial charge in [0.05, 0.1) is 39.6 Å². The molecule has 1 atom stereocenters. The summed E-state index contributed by atoms with van der Waals surface area (Å²) in [4.78, 5) is 39.0. The van der Waals surface area contributed by atoms with E-state index >= 15 is 0 Å². The van der Waals surface area contributed by atoms with Gasteiger partial charge in [0, 0.05) is 25.1 Å². The van der Waals surface area contributed by atoms with Crippen molar-refractivity contribution in [1.82, 2.24) is 16.0 Å². The zero-order valence-corrected chi connectivity index (χ0v) is 31.4. The summed E-state index contributed by atoms with van der Waals surface area (Å²) in [6, 6.07) is 16.0. The van der Waals surface area contributed by atoms with Gasteiger partial charge in [0.1, 0.15) is 18.4 Å². The summed E-state index contributed by atoms with van der Waals surface area (Å²) in [5, 5.41) is 8.80. The van der Waals surface area contributed by atoms with Crippen LogP contribution < -0.4 is 20.7 Å². The van der Waals surface area contributed by atoms with Crippen LogP contribution in [0.4, 0.5) is 0 Å². The lowest BCUT2D eigenvalue weighted by Gasteiger charge is -2.19. The van der Waals surface area contributed by atoms with Crippen molar-refractivity contribution in [2.24, 2.45) is 0 Å². The van der Waals surface area contributed by atoms with Crippen molar-refractivity contribution in [2.75, 3.05) is 52.7 Å². The van der Waals surface area contributed by atoms with E-state index in [0.29, 0.717) is 70.7 Å². The highest BCUT2D eigenvalue weighted by Crippen LogP contribution is 2.14. The van der Waals surface area contributed by atoms with Gasteiger partial charge in [-0.15, -0.1) is 0 Å². The molecule has 0 fully saturated rings. The molecule has 51 heavy (non-hydrogen) atoms. The highest BCUT2D eigenvalue weighted by molar-refractivity contribution is 5.98. The Bertz CT molecular complexity index is 1180. The van der Waals surface area contributed by atoms with E-state index in [2.05, 4.69) is 29.8 Å². The van der Waals surface area contributed by atoms with Gasteiger partial charge >= 0.3 is 0 Å². The molecule has 2 aromatic carbocycles. The summed E-state index contributed by atoms with van der Waals surface area (Å²) in [6.45, 7) is 8.70. The Hall–Kier alpha value is -3.47. The summed E-state index contributed by atoms with van der Waals surface area (Å²) in [5.41, 5.74) is 1.50. The monoisotopic (exact) mass is 711 g/mol. The summed E-state index contributed by atoms with van der Waals surface area (Å²) in [7, 11) is 0. The molecule has 0 spiro atoms. The number of carbonyl (C=O) groups is 3. The van der Waals surface area contributed by atoms with E-state index in [1.165, 1.54) is 44.9 Å². The Kier molecular flexibility index (Phi) is 25.9. The van der Waals surface area contributed by atoms with Crippen LogP contribution in [0.25, 0.3) is 0 Å². The van der Waals surface area contributed by atoms with E-state index in [1.54, 1.807) is 24.3 Å². The lowest BCUT2D eigenvalue weighted by molar-refractivity contribution is -0.124. The lowest BCUT2D eigenvalue weighted by atomic mass is 10.1. The molecule has 1 unspecified atom stereocenters. The van der Waals surface area contributed by atoms with Crippen molar-refractivity contribution < 1.29 is 33.3 Å². The van der Waals surface area contributed by atoms with Gasteiger partial charge < -0.3 is 34.9 Å². The topological polar surface area (TPSA) is 124 Å². The molecule has 0 heterocycles. The van der Waals surface area contributed by atoms with Crippen molar-refractivity contribution >= 4 is 17.7 Å². The number of ether oxygens (including phenoxy) is 4. The van der Waals surface area contributed by atoms with Gasteiger partial charge in [0.25, 0.3) is 5.91 Å². The number of hydrogen-bond donors (Lipinski definition) is 3. The van der Waals surface area contributed by atoms with Crippen LogP contribution in [0.3, 0.4) is 0 Å². The summed E-state index contributed by atoms with van der Waals surface area (Å²) in [6.07, 6.45) is 14.0. The fourth-order valence-electron chi connectivity index (χ4n) is 5.40. The van der Waals surface area contributed by atoms with Gasteiger partial charge in [0.15, 0.2) is 0 Å². The third-order valence-corrected chi connectivity index (χ3v) is 8.41. The second kappa shape index (κ2) is 30.2. The first-order valence-electron chi connectivity index (χ1n) is 19.4. The Morgan fingerprint density at radius 1 is 0.627 bits per heavy atom. The predicted octanol–water partition coefficient (Wildman–Crippen LogP) is 7.15. The minimum atomic E-state index is -0.826. The van der Waals surface area contributed by atoms with Crippen LogP contribution in [0.2, 0.25) is 0 Å². The summed E-state index contributed by atoms with van der Waals surface area (Å²) in [5.74, 6) is -0.248. The van der Waals surface area contributed by atoms with Gasteiger partial charge in [0.2, 0.25) is 11.8 Å². The maximum absolute atomic E-state index is 13.3. The number of amides is 3. The number of benzene rings is 2. The molecule has 0 aromatic heterocycles. The first kappa shape index (κ1) is 43.7. The van der Waals surface area contributed by atoms with Crippen molar-refractivity contribution in [3.63, 3.8) is 0 Å². The van der Waals surface area contributed by atoms with E-state index < -0.39 is 11.9 Å². The highest BCUT2D eigenvalue weighted by Gasteiger charge is 2.22. The van der Waals surface area contributed by atoms with Crippen LogP contribution >= 0.6 is 0 Å². The third kappa shape index (κ3) is 22.9. The highest BCUT2D eigenvalue weighted by atomic mass is 16.6. The lowest BCUT2D eigenvalue weighted by Crippen LogP contribution is -2.47. The molecule has 0 bridgehead atoms. The molecule has 0 aliphatic carbocycles. The van der Waals surface area contributed by atoms with Crippen LogP contribution in [0.15, 0.2) is 54.6 Å².